The molecule has 0 atom stereocenters. The Hall–Kier alpha value is -1.23. The van der Waals surface area contributed by atoms with Gasteiger partial charge in [-0.15, -0.1) is 11.3 Å². The van der Waals surface area contributed by atoms with Crippen molar-refractivity contribution in [2.75, 3.05) is 20.3 Å². The standard InChI is InChI=1S/C16H22N2OS/c1-19-11-7-3-6-10-17-12-16-18-15(13-20-16)14-8-4-2-5-9-14/h2,4-5,8-9,13,17H,3,6-7,10-12H2,1H3. The molecule has 1 heterocycles. The molecule has 2 rings (SSSR count). The van der Waals surface area contributed by atoms with E-state index in [2.05, 4.69) is 27.8 Å². The molecule has 3 nitrogen and oxygen atoms in total. The largest absolute Gasteiger partial charge is 0.385 e. The Labute approximate surface area is 125 Å². The van der Waals surface area contributed by atoms with Crippen molar-refractivity contribution < 1.29 is 4.74 Å². The summed E-state index contributed by atoms with van der Waals surface area (Å²) in [6.45, 7) is 2.78. The first-order valence-electron chi connectivity index (χ1n) is 7.09. The topological polar surface area (TPSA) is 34.1 Å². The number of unbranched alkanes of at least 4 members (excludes halogenated alkanes) is 2. The third-order valence-corrected chi connectivity index (χ3v) is 3.95. The van der Waals surface area contributed by atoms with Gasteiger partial charge in [0.25, 0.3) is 0 Å². The molecule has 0 saturated heterocycles. The monoisotopic (exact) mass is 290 g/mol. The van der Waals surface area contributed by atoms with E-state index in [0.717, 1.165) is 36.8 Å². The van der Waals surface area contributed by atoms with Gasteiger partial charge in [0.2, 0.25) is 0 Å². The Morgan fingerprint density at radius 1 is 1.15 bits per heavy atom. The van der Waals surface area contributed by atoms with Crippen LogP contribution in [0.5, 0.6) is 0 Å². The Morgan fingerprint density at radius 2 is 2.00 bits per heavy atom. The number of benzene rings is 1. The number of nitrogens with zero attached hydrogens (tertiary/aromatic N) is 1. The number of rotatable bonds is 9. The summed E-state index contributed by atoms with van der Waals surface area (Å²) in [6, 6.07) is 10.3. The van der Waals surface area contributed by atoms with Gasteiger partial charge in [-0.1, -0.05) is 30.3 Å². The second-order valence-corrected chi connectivity index (χ2v) is 5.67. The van der Waals surface area contributed by atoms with E-state index in [0.29, 0.717) is 0 Å². The fourth-order valence-corrected chi connectivity index (χ4v) is 2.77. The van der Waals surface area contributed by atoms with Crippen molar-refractivity contribution in [3.8, 4) is 11.3 Å². The molecule has 0 aliphatic carbocycles. The van der Waals surface area contributed by atoms with Crippen LogP contribution >= 0.6 is 11.3 Å². The molecular weight excluding hydrogens is 268 g/mol. The molecule has 108 valence electrons. The highest BCUT2D eigenvalue weighted by molar-refractivity contribution is 7.09. The number of nitrogens with one attached hydrogen (secondary N) is 1. The van der Waals surface area contributed by atoms with E-state index in [4.69, 9.17) is 4.74 Å². The first kappa shape index (κ1) is 15.2. The lowest BCUT2D eigenvalue weighted by atomic mass is 10.2. The van der Waals surface area contributed by atoms with Crippen LogP contribution in [-0.2, 0) is 11.3 Å². The van der Waals surface area contributed by atoms with Crippen molar-refractivity contribution in [2.24, 2.45) is 0 Å². The van der Waals surface area contributed by atoms with E-state index >= 15 is 0 Å². The van der Waals surface area contributed by atoms with Crippen molar-refractivity contribution in [3.05, 3.63) is 40.7 Å². The summed E-state index contributed by atoms with van der Waals surface area (Å²) in [4.78, 5) is 4.66. The predicted octanol–water partition coefficient (Wildman–Crippen LogP) is 3.72. The maximum Gasteiger partial charge on any atom is 0.107 e. The van der Waals surface area contributed by atoms with Crippen LogP contribution in [0.25, 0.3) is 11.3 Å². The van der Waals surface area contributed by atoms with Crippen LogP contribution in [0.4, 0.5) is 0 Å². The van der Waals surface area contributed by atoms with Gasteiger partial charge < -0.3 is 10.1 Å². The number of hydrogen-bond donors (Lipinski definition) is 1. The van der Waals surface area contributed by atoms with Crippen molar-refractivity contribution in [2.45, 2.75) is 25.8 Å². The molecule has 0 unspecified atom stereocenters. The van der Waals surface area contributed by atoms with Crippen LogP contribution < -0.4 is 5.32 Å². The van der Waals surface area contributed by atoms with Crippen molar-refractivity contribution in [1.29, 1.82) is 0 Å². The summed E-state index contributed by atoms with van der Waals surface area (Å²) >= 11 is 1.72. The molecule has 0 fully saturated rings. The van der Waals surface area contributed by atoms with E-state index in [1.165, 1.54) is 18.4 Å². The van der Waals surface area contributed by atoms with Crippen molar-refractivity contribution in [3.63, 3.8) is 0 Å². The van der Waals surface area contributed by atoms with E-state index in [9.17, 15) is 0 Å². The summed E-state index contributed by atoms with van der Waals surface area (Å²) in [5, 5.41) is 6.73. The quantitative estimate of drug-likeness (QED) is 0.715. The van der Waals surface area contributed by atoms with Crippen LogP contribution in [0.3, 0.4) is 0 Å². The van der Waals surface area contributed by atoms with Gasteiger partial charge >= 0.3 is 0 Å². The molecule has 1 aromatic heterocycles. The molecular formula is C16H22N2OS. The number of thiazole rings is 1. The maximum atomic E-state index is 5.03. The van der Waals surface area contributed by atoms with Gasteiger partial charge in [0.05, 0.1) is 5.69 Å². The fraction of sp³-hybridized carbons (Fsp3) is 0.438. The number of aromatic nitrogens is 1. The second kappa shape index (κ2) is 8.84. The molecule has 1 N–H and O–H groups in total. The van der Waals surface area contributed by atoms with E-state index in [-0.39, 0.29) is 0 Å². The summed E-state index contributed by atoms with van der Waals surface area (Å²) in [6.07, 6.45) is 3.56. The lowest BCUT2D eigenvalue weighted by molar-refractivity contribution is 0.192. The average molecular weight is 290 g/mol. The zero-order valence-corrected chi connectivity index (χ0v) is 12.8. The zero-order valence-electron chi connectivity index (χ0n) is 12.0. The van der Waals surface area contributed by atoms with Gasteiger partial charge in [-0.2, -0.15) is 0 Å². The van der Waals surface area contributed by atoms with Crippen LogP contribution in [0.1, 0.15) is 24.3 Å². The minimum Gasteiger partial charge on any atom is -0.385 e. The predicted molar refractivity (Wildman–Crippen MR) is 85.0 cm³/mol. The number of methoxy groups -OCH3 is 1. The molecule has 0 aliphatic rings. The van der Waals surface area contributed by atoms with Gasteiger partial charge in [-0.25, -0.2) is 4.98 Å². The summed E-state index contributed by atoms with van der Waals surface area (Å²) < 4.78 is 5.03. The van der Waals surface area contributed by atoms with Crippen molar-refractivity contribution in [1.82, 2.24) is 10.3 Å². The Bertz CT molecular complexity index is 484. The Kier molecular flexibility index (Phi) is 6.71. The molecule has 20 heavy (non-hydrogen) atoms. The van der Waals surface area contributed by atoms with Gasteiger partial charge in [0.15, 0.2) is 0 Å². The lowest BCUT2D eigenvalue weighted by Crippen LogP contribution is -2.14. The normalized spacial score (nSPS) is 10.8. The molecule has 0 spiro atoms. The van der Waals surface area contributed by atoms with Crippen LogP contribution in [-0.4, -0.2) is 25.2 Å². The molecule has 2 aromatic rings. The molecule has 0 bridgehead atoms. The molecule has 4 heteroatoms. The van der Waals surface area contributed by atoms with Gasteiger partial charge in [0.1, 0.15) is 5.01 Å². The minimum absolute atomic E-state index is 0.863. The Balaban J connectivity index is 1.69. The molecule has 0 saturated carbocycles. The molecule has 1 aromatic carbocycles. The maximum absolute atomic E-state index is 5.03. The number of hydrogen-bond acceptors (Lipinski definition) is 4. The van der Waals surface area contributed by atoms with Crippen LogP contribution in [0.15, 0.2) is 35.7 Å². The summed E-state index contributed by atoms with van der Waals surface area (Å²) in [5.41, 5.74) is 2.27. The molecule has 0 aliphatic heterocycles. The highest BCUT2D eigenvalue weighted by atomic mass is 32.1. The van der Waals surface area contributed by atoms with Crippen LogP contribution in [0.2, 0.25) is 0 Å². The Morgan fingerprint density at radius 3 is 2.80 bits per heavy atom. The smallest absolute Gasteiger partial charge is 0.107 e. The third kappa shape index (κ3) is 5.04. The summed E-state index contributed by atoms with van der Waals surface area (Å²) in [7, 11) is 1.75. The minimum atomic E-state index is 0.863. The van der Waals surface area contributed by atoms with Gasteiger partial charge in [-0.05, 0) is 25.8 Å². The highest BCUT2D eigenvalue weighted by Gasteiger charge is 2.03. The average Bonchev–Trinajstić information content (AvgIpc) is 2.96. The zero-order chi connectivity index (χ0) is 14.0. The summed E-state index contributed by atoms with van der Waals surface area (Å²) in [5.74, 6) is 0. The van der Waals surface area contributed by atoms with E-state index in [1.54, 1.807) is 18.4 Å². The lowest BCUT2D eigenvalue weighted by Gasteiger charge is -2.02. The fourth-order valence-electron chi connectivity index (χ4n) is 2.00. The third-order valence-electron chi connectivity index (χ3n) is 3.10. The first-order chi connectivity index (χ1) is 9.90. The molecule has 0 radical (unpaired) electrons. The van der Waals surface area contributed by atoms with Gasteiger partial charge in [-0.3, -0.25) is 0 Å². The van der Waals surface area contributed by atoms with E-state index < -0.39 is 0 Å². The van der Waals surface area contributed by atoms with Crippen LogP contribution in [0, 0.1) is 0 Å². The first-order valence-corrected chi connectivity index (χ1v) is 7.97. The highest BCUT2D eigenvalue weighted by Crippen LogP contribution is 2.21. The van der Waals surface area contributed by atoms with Crippen molar-refractivity contribution >= 4 is 11.3 Å². The number of ether oxygens (including phenoxy) is 1. The SMILES string of the molecule is COCCCCCNCc1nc(-c2ccccc2)cs1. The second-order valence-electron chi connectivity index (χ2n) is 4.72. The van der Waals surface area contributed by atoms with E-state index in [1.807, 2.05) is 18.2 Å². The van der Waals surface area contributed by atoms with Gasteiger partial charge in [0, 0.05) is 31.2 Å². The molecule has 0 amide bonds.